The van der Waals surface area contributed by atoms with Crippen molar-refractivity contribution < 1.29 is 4.79 Å². The lowest BCUT2D eigenvalue weighted by atomic mass is 10.1. The van der Waals surface area contributed by atoms with Crippen LogP contribution in [-0.4, -0.2) is 15.7 Å². The minimum atomic E-state index is 0.0367. The van der Waals surface area contributed by atoms with Crippen LogP contribution in [-0.2, 0) is 18.3 Å². The molecule has 0 atom stereocenters. The van der Waals surface area contributed by atoms with Crippen LogP contribution in [0.1, 0.15) is 23.4 Å². The van der Waals surface area contributed by atoms with Gasteiger partial charge < -0.3 is 5.32 Å². The molecule has 1 aromatic carbocycles. The van der Waals surface area contributed by atoms with E-state index in [-0.39, 0.29) is 5.91 Å². The summed E-state index contributed by atoms with van der Waals surface area (Å²) >= 11 is 2.23. The van der Waals surface area contributed by atoms with Crippen molar-refractivity contribution in [1.82, 2.24) is 9.78 Å². The number of nitrogens with zero attached hydrogens (tertiary/aromatic N) is 2. The van der Waals surface area contributed by atoms with Gasteiger partial charge in [0.1, 0.15) is 0 Å². The second-order valence-corrected chi connectivity index (χ2v) is 6.08. The van der Waals surface area contributed by atoms with E-state index in [4.69, 9.17) is 0 Å². The SMILES string of the molecule is Cc1nn(C)c(C)c1CCC(=O)Nc1cccc(I)c1. The number of aromatic nitrogens is 2. The van der Waals surface area contributed by atoms with E-state index in [1.165, 1.54) is 5.56 Å². The highest BCUT2D eigenvalue weighted by molar-refractivity contribution is 14.1. The summed E-state index contributed by atoms with van der Waals surface area (Å²) in [7, 11) is 1.93. The maximum atomic E-state index is 12.0. The first-order chi connectivity index (χ1) is 9.47. The quantitative estimate of drug-likeness (QED) is 0.825. The molecule has 0 radical (unpaired) electrons. The Kier molecular flexibility index (Phi) is 4.80. The van der Waals surface area contributed by atoms with Gasteiger partial charge in [0, 0.05) is 28.4 Å². The molecule has 1 N–H and O–H groups in total. The maximum absolute atomic E-state index is 12.0. The van der Waals surface area contributed by atoms with Crippen molar-refractivity contribution in [1.29, 1.82) is 0 Å². The third-order valence-corrected chi connectivity index (χ3v) is 4.04. The Morgan fingerprint density at radius 2 is 2.15 bits per heavy atom. The van der Waals surface area contributed by atoms with Crippen molar-refractivity contribution in [3.05, 3.63) is 44.8 Å². The maximum Gasteiger partial charge on any atom is 0.224 e. The predicted molar refractivity (Wildman–Crippen MR) is 88.8 cm³/mol. The van der Waals surface area contributed by atoms with Gasteiger partial charge in [0.2, 0.25) is 5.91 Å². The zero-order valence-corrected chi connectivity index (χ0v) is 14.1. The van der Waals surface area contributed by atoms with Gasteiger partial charge in [-0.05, 0) is 66.6 Å². The lowest BCUT2D eigenvalue weighted by molar-refractivity contribution is -0.116. The lowest BCUT2D eigenvalue weighted by Gasteiger charge is -2.06. The molecule has 1 aromatic heterocycles. The van der Waals surface area contributed by atoms with Crippen LogP contribution in [0.3, 0.4) is 0 Å². The third-order valence-electron chi connectivity index (χ3n) is 3.37. The second kappa shape index (κ2) is 6.39. The number of hydrogen-bond donors (Lipinski definition) is 1. The summed E-state index contributed by atoms with van der Waals surface area (Å²) < 4.78 is 2.97. The zero-order valence-electron chi connectivity index (χ0n) is 11.9. The fourth-order valence-electron chi connectivity index (χ4n) is 2.21. The van der Waals surface area contributed by atoms with Crippen LogP contribution in [0.5, 0.6) is 0 Å². The Morgan fingerprint density at radius 1 is 1.40 bits per heavy atom. The Bertz CT molecular complexity index is 634. The van der Waals surface area contributed by atoms with Crippen molar-refractivity contribution in [2.45, 2.75) is 26.7 Å². The van der Waals surface area contributed by atoms with Crippen molar-refractivity contribution >= 4 is 34.2 Å². The third kappa shape index (κ3) is 3.59. The molecule has 0 spiro atoms. The topological polar surface area (TPSA) is 46.9 Å². The summed E-state index contributed by atoms with van der Waals surface area (Å²) in [5.74, 6) is 0.0367. The fraction of sp³-hybridized carbons (Fsp3) is 0.333. The van der Waals surface area contributed by atoms with Crippen molar-refractivity contribution in [2.24, 2.45) is 7.05 Å². The molecular formula is C15H18IN3O. The lowest BCUT2D eigenvalue weighted by Crippen LogP contribution is -2.12. The van der Waals surface area contributed by atoms with Crippen LogP contribution in [0.2, 0.25) is 0 Å². The van der Waals surface area contributed by atoms with Crippen molar-refractivity contribution in [3.8, 4) is 0 Å². The standard InChI is InChI=1S/C15H18IN3O/c1-10-14(11(2)19(3)18-10)7-8-15(20)17-13-6-4-5-12(16)9-13/h4-6,9H,7-8H2,1-3H3,(H,17,20). The first kappa shape index (κ1) is 15.0. The molecule has 0 unspecified atom stereocenters. The van der Waals surface area contributed by atoms with Gasteiger partial charge in [0.05, 0.1) is 5.69 Å². The number of hydrogen-bond acceptors (Lipinski definition) is 2. The molecule has 5 heteroatoms. The molecular weight excluding hydrogens is 365 g/mol. The minimum absolute atomic E-state index is 0.0367. The van der Waals surface area contributed by atoms with E-state index in [2.05, 4.69) is 33.0 Å². The summed E-state index contributed by atoms with van der Waals surface area (Å²) in [6.45, 7) is 4.02. The van der Waals surface area contributed by atoms with Crippen molar-refractivity contribution in [3.63, 3.8) is 0 Å². The Morgan fingerprint density at radius 3 is 2.75 bits per heavy atom. The zero-order chi connectivity index (χ0) is 14.7. The normalized spacial score (nSPS) is 10.6. The minimum Gasteiger partial charge on any atom is -0.326 e. The van der Waals surface area contributed by atoms with E-state index >= 15 is 0 Å². The summed E-state index contributed by atoms with van der Waals surface area (Å²) in [4.78, 5) is 12.0. The second-order valence-electron chi connectivity index (χ2n) is 4.83. The van der Waals surface area contributed by atoms with Crippen LogP contribution in [0.4, 0.5) is 5.69 Å². The van der Waals surface area contributed by atoms with Gasteiger partial charge in [-0.1, -0.05) is 6.07 Å². The van der Waals surface area contributed by atoms with Gasteiger partial charge in [-0.2, -0.15) is 5.10 Å². The Hall–Kier alpha value is -1.37. The molecule has 0 aliphatic carbocycles. The van der Waals surface area contributed by atoms with Crippen LogP contribution >= 0.6 is 22.6 Å². The summed E-state index contributed by atoms with van der Waals surface area (Å²) in [6.07, 6.45) is 1.19. The highest BCUT2D eigenvalue weighted by atomic mass is 127. The van der Waals surface area contributed by atoms with Crippen LogP contribution < -0.4 is 5.32 Å². The number of rotatable bonds is 4. The van der Waals surface area contributed by atoms with E-state index in [9.17, 15) is 4.79 Å². The highest BCUT2D eigenvalue weighted by Crippen LogP contribution is 2.16. The van der Waals surface area contributed by atoms with E-state index in [0.29, 0.717) is 6.42 Å². The number of carbonyl (C=O) groups is 1. The number of amides is 1. The predicted octanol–water partition coefficient (Wildman–Crippen LogP) is 3.21. The highest BCUT2D eigenvalue weighted by Gasteiger charge is 2.11. The van der Waals surface area contributed by atoms with Crippen molar-refractivity contribution in [2.75, 3.05) is 5.32 Å². The van der Waals surface area contributed by atoms with Gasteiger partial charge in [-0.15, -0.1) is 0 Å². The number of aryl methyl sites for hydroxylation is 2. The van der Waals surface area contributed by atoms with Gasteiger partial charge in [-0.3, -0.25) is 9.48 Å². The van der Waals surface area contributed by atoms with E-state index < -0.39 is 0 Å². The molecule has 2 rings (SSSR count). The number of halogens is 1. The Labute approximate surface area is 132 Å². The van der Waals surface area contributed by atoms with E-state index in [0.717, 1.165) is 27.1 Å². The fourth-order valence-corrected chi connectivity index (χ4v) is 2.75. The molecule has 0 aliphatic heterocycles. The first-order valence-electron chi connectivity index (χ1n) is 6.52. The van der Waals surface area contributed by atoms with Gasteiger partial charge in [0.15, 0.2) is 0 Å². The average Bonchev–Trinajstić information content (AvgIpc) is 2.61. The summed E-state index contributed by atoms with van der Waals surface area (Å²) in [6, 6.07) is 7.80. The van der Waals surface area contributed by atoms with Crippen LogP contribution in [0.15, 0.2) is 24.3 Å². The Balaban J connectivity index is 1.96. The number of carbonyl (C=O) groups excluding carboxylic acids is 1. The molecule has 1 heterocycles. The number of anilines is 1. The molecule has 2 aromatic rings. The largest absolute Gasteiger partial charge is 0.326 e. The van der Waals surface area contributed by atoms with E-state index in [1.807, 2.05) is 49.8 Å². The van der Waals surface area contributed by atoms with Gasteiger partial charge >= 0.3 is 0 Å². The smallest absolute Gasteiger partial charge is 0.224 e. The molecule has 0 bridgehead atoms. The molecule has 4 nitrogen and oxygen atoms in total. The summed E-state index contributed by atoms with van der Waals surface area (Å²) in [5, 5.41) is 7.30. The monoisotopic (exact) mass is 383 g/mol. The number of nitrogens with one attached hydrogen (secondary N) is 1. The first-order valence-corrected chi connectivity index (χ1v) is 7.59. The molecule has 1 amide bonds. The van der Waals surface area contributed by atoms with Gasteiger partial charge in [0.25, 0.3) is 0 Å². The molecule has 0 saturated heterocycles. The number of benzene rings is 1. The molecule has 0 saturated carbocycles. The summed E-state index contributed by atoms with van der Waals surface area (Å²) in [5.41, 5.74) is 4.16. The van der Waals surface area contributed by atoms with Crippen LogP contribution in [0.25, 0.3) is 0 Å². The molecule has 0 fully saturated rings. The average molecular weight is 383 g/mol. The van der Waals surface area contributed by atoms with Crippen LogP contribution in [0, 0.1) is 17.4 Å². The molecule has 0 aliphatic rings. The molecule has 106 valence electrons. The van der Waals surface area contributed by atoms with E-state index in [1.54, 1.807) is 0 Å². The van der Waals surface area contributed by atoms with Gasteiger partial charge in [-0.25, -0.2) is 0 Å². The molecule has 20 heavy (non-hydrogen) atoms.